The molecule has 0 unspecified atom stereocenters. The van der Waals surface area contributed by atoms with Crippen LogP contribution in [-0.4, -0.2) is 19.5 Å². The molecule has 0 aliphatic heterocycles. The highest BCUT2D eigenvalue weighted by Gasteiger charge is 2.02. The smallest absolute Gasteiger partial charge is 0.185 e. The maximum absolute atomic E-state index is 12.3. The van der Waals surface area contributed by atoms with Gasteiger partial charge in [-0.2, -0.15) is 0 Å². The van der Waals surface area contributed by atoms with Gasteiger partial charge in [-0.15, -0.1) is 0 Å². The van der Waals surface area contributed by atoms with Crippen molar-refractivity contribution >= 4 is 11.9 Å². The zero-order chi connectivity index (χ0) is 21.1. The average Bonchev–Trinajstić information content (AvgIpc) is 2.72. The third-order valence-corrected chi connectivity index (χ3v) is 4.45. The second kappa shape index (κ2) is 11.7. The SMILES string of the molecule is COc1ccc(/C=C/C(=O)c2ccc(OC/C=C(\C)CCC=C(C)C)cc2)cc1. The fourth-order valence-corrected chi connectivity index (χ4v) is 2.67. The van der Waals surface area contributed by atoms with E-state index in [2.05, 4.69) is 32.9 Å². The molecule has 29 heavy (non-hydrogen) atoms. The Labute approximate surface area is 174 Å². The van der Waals surface area contributed by atoms with Crippen LogP contribution in [0, 0.1) is 0 Å². The highest BCUT2D eigenvalue weighted by atomic mass is 16.5. The van der Waals surface area contributed by atoms with E-state index in [1.54, 1.807) is 31.4 Å². The molecule has 0 saturated heterocycles. The van der Waals surface area contributed by atoms with Crippen LogP contribution in [0.2, 0.25) is 0 Å². The van der Waals surface area contributed by atoms with Gasteiger partial charge in [-0.25, -0.2) is 0 Å². The van der Waals surface area contributed by atoms with Crippen molar-refractivity contribution in [1.82, 2.24) is 0 Å². The van der Waals surface area contributed by atoms with E-state index in [0.717, 1.165) is 29.9 Å². The van der Waals surface area contributed by atoms with Crippen LogP contribution in [0.3, 0.4) is 0 Å². The molecule has 2 aromatic carbocycles. The molecule has 0 N–H and O–H groups in total. The van der Waals surface area contributed by atoms with Crippen LogP contribution in [-0.2, 0) is 0 Å². The normalized spacial score (nSPS) is 11.4. The molecular formula is C26H30O3. The third-order valence-electron chi connectivity index (χ3n) is 4.45. The van der Waals surface area contributed by atoms with Gasteiger partial charge in [0.1, 0.15) is 18.1 Å². The quantitative estimate of drug-likeness (QED) is 0.258. The molecule has 0 radical (unpaired) electrons. The molecule has 0 aromatic heterocycles. The molecule has 0 spiro atoms. The molecule has 0 aliphatic rings. The van der Waals surface area contributed by atoms with Crippen molar-refractivity contribution < 1.29 is 14.3 Å². The van der Waals surface area contributed by atoms with Crippen LogP contribution >= 0.6 is 0 Å². The predicted octanol–water partition coefficient (Wildman–Crippen LogP) is 6.66. The lowest BCUT2D eigenvalue weighted by molar-refractivity contribution is 0.104. The number of ketones is 1. The molecule has 0 fully saturated rings. The fourth-order valence-electron chi connectivity index (χ4n) is 2.67. The number of carbonyl (C=O) groups is 1. The summed E-state index contributed by atoms with van der Waals surface area (Å²) >= 11 is 0. The van der Waals surface area contributed by atoms with Crippen molar-refractivity contribution in [3.05, 3.63) is 89.0 Å². The highest BCUT2D eigenvalue weighted by Crippen LogP contribution is 2.16. The molecule has 0 amide bonds. The number of rotatable bonds is 10. The van der Waals surface area contributed by atoms with Crippen LogP contribution in [0.25, 0.3) is 6.08 Å². The van der Waals surface area contributed by atoms with Gasteiger partial charge in [0.05, 0.1) is 7.11 Å². The molecule has 0 saturated carbocycles. The summed E-state index contributed by atoms with van der Waals surface area (Å²) in [6.45, 7) is 6.89. The first-order valence-corrected chi connectivity index (χ1v) is 9.86. The first kappa shape index (κ1) is 22.2. The Morgan fingerprint density at radius 1 is 0.897 bits per heavy atom. The average molecular weight is 391 g/mol. The maximum atomic E-state index is 12.3. The van der Waals surface area contributed by atoms with Crippen molar-refractivity contribution in [2.75, 3.05) is 13.7 Å². The van der Waals surface area contributed by atoms with Gasteiger partial charge in [-0.05, 0) is 87.7 Å². The standard InChI is InChI=1S/C26H30O3/c1-20(2)6-5-7-21(3)18-19-29-25-15-11-23(12-16-25)26(27)17-10-22-8-13-24(28-4)14-9-22/h6,8-18H,5,7,19H2,1-4H3/b17-10+,21-18+. The Bertz CT molecular complexity index is 865. The zero-order valence-corrected chi connectivity index (χ0v) is 17.8. The van der Waals surface area contributed by atoms with Crippen LogP contribution in [0.5, 0.6) is 11.5 Å². The number of hydrogen-bond donors (Lipinski definition) is 0. The number of carbonyl (C=O) groups excluding carboxylic acids is 1. The summed E-state index contributed by atoms with van der Waals surface area (Å²) in [5.74, 6) is 1.51. The van der Waals surface area contributed by atoms with Gasteiger partial charge in [0.25, 0.3) is 0 Å². The molecule has 0 heterocycles. The van der Waals surface area contributed by atoms with E-state index < -0.39 is 0 Å². The molecule has 2 rings (SSSR count). The van der Waals surface area contributed by atoms with Gasteiger partial charge in [-0.3, -0.25) is 4.79 Å². The van der Waals surface area contributed by atoms with Crippen molar-refractivity contribution in [2.45, 2.75) is 33.6 Å². The minimum absolute atomic E-state index is 0.0395. The first-order chi connectivity index (χ1) is 14.0. The zero-order valence-electron chi connectivity index (χ0n) is 17.8. The van der Waals surface area contributed by atoms with E-state index in [-0.39, 0.29) is 5.78 Å². The van der Waals surface area contributed by atoms with E-state index in [1.165, 1.54) is 11.1 Å². The Morgan fingerprint density at radius 3 is 2.17 bits per heavy atom. The van der Waals surface area contributed by atoms with Crippen molar-refractivity contribution in [2.24, 2.45) is 0 Å². The lowest BCUT2D eigenvalue weighted by Crippen LogP contribution is -1.97. The lowest BCUT2D eigenvalue weighted by Gasteiger charge is -2.05. The van der Waals surface area contributed by atoms with E-state index in [0.29, 0.717) is 12.2 Å². The molecule has 0 bridgehead atoms. The van der Waals surface area contributed by atoms with Gasteiger partial charge < -0.3 is 9.47 Å². The van der Waals surface area contributed by atoms with Gasteiger partial charge >= 0.3 is 0 Å². The summed E-state index contributed by atoms with van der Waals surface area (Å²) in [7, 11) is 1.63. The van der Waals surface area contributed by atoms with Crippen LogP contribution < -0.4 is 9.47 Å². The van der Waals surface area contributed by atoms with Crippen molar-refractivity contribution in [3.8, 4) is 11.5 Å². The number of allylic oxidation sites excluding steroid dienone is 4. The molecule has 0 aliphatic carbocycles. The summed E-state index contributed by atoms with van der Waals surface area (Å²) in [4.78, 5) is 12.3. The lowest BCUT2D eigenvalue weighted by atomic mass is 10.1. The minimum atomic E-state index is -0.0395. The summed E-state index contributed by atoms with van der Waals surface area (Å²) in [5, 5.41) is 0. The maximum Gasteiger partial charge on any atom is 0.185 e. The second-order valence-electron chi connectivity index (χ2n) is 7.18. The number of methoxy groups -OCH3 is 1. The highest BCUT2D eigenvalue weighted by molar-refractivity contribution is 6.06. The predicted molar refractivity (Wildman–Crippen MR) is 121 cm³/mol. The van der Waals surface area contributed by atoms with E-state index in [1.807, 2.05) is 36.4 Å². The summed E-state index contributed by atoms with van der Waals surface area (Å²) in [5.41, 5.74) is 4.25. The number of hydrogen-bond acceptors (Lipinski definition) is 3. The van der Waals surface area contributed by atoms with E-state index in [4.69, 9.17) is 9.47 Å². The number of benzene rings is 2. The summed E-state index contributed by atoms with van der Waals surface area (Å²) < 4.78 is 10.9. The van der Waals surface area contributed by atoms with E-state index in [9.17, 15) is 4.79 Å². The largest absolute Gasteiger partial charge is 0.497 e. The van der Waals surface area contributed by atoms with Crippen LogP contribution in [0.1, 0.15) is 49.5 Å². The fraction of sp³-hybridized carbons (Fsp3) is 0.269. The van der Waals surface area contributed by atoms with Gasteiger partial charge in [0.15, 0.2) is 5.78 Å². The molecule has 3 heteroatoms. The van der Waals surface area contributed by atoms with Crippen molar-refractivity contribution in [1.29, 1.82) is 0 Å². The van der Waals surface area contributed by atoms with Gasteiger partial charge in [0, 0.05) is 5.56 Å². The third kappa shape index (κ3) is 8.22. The summed E-state index contributed by atoms with van der Waals surface area (Å²) in [6.07, 6.45) is 9.84. The molecular weight excluding hydrogens is 360 g/mol. The van der Waals surface area contributed by atoms with Crippen LogP contribution in [0.4, 0.5) is 0 Å². The van der Waals surface area contributed by atoms with E-state index >= 15 is 0 Å². The van der Waals surface area contributed by atoms with Gasteiger partial charge in [-0.1, -0.05) is 35.4 Å². The number of ether oxygens (including phenoxy) is 2. The Balaban J connectivity index is 1.84. The molecule has 0 atom stereocenters. The van der Waals surface area contributed by atoms with Crippen LogP contribution in [0.15, 0.2) is 77.9 Å². The Kier molecular flexibility index (Phi) is 8.97. The molecule has 3 nitrogen and oxygen atoms in total. The minimum Gasteiger partial charge on any atom is -0.497 e. The topological polar surface area (TPSA) is 35.5 Å². The molecule has 152 valence electrons. The van der Waals surface area contributed by atoms with Gasteiger partial charge in [0.2, 0.25) is 0 Å². The molecule has 2 aromatic rings. The first-order valence-electron chi connectivity index (χ1n) is 9.86. The summed E-state index contributed by atoms with van der Waals surface area (Å²) in [6, 6.07) is 14.8. The Hall–Kier alpha value is -3.07. The van der Waals surface area contributed by atoms with Crippen molar-refractivity contribution in [3.63, 3.8) is 0 Å². The monoisotopic (exact) mass is 390 g/mol. The second-order valence-corrected chi connectivity index (χ2v) is 7.18. The Morgan fingerprint density at radius 2 is 1.55 bits per heavy atom.